The van der Waals surface area contributed by atoms with Crippen LogP contribution in [0.2, 0.25) is 0 Å². The maximum atomic E-state index is 10.0. The number of benzene rings is 10. The molecule has 0 radical (unpaired) electrons. The first-order valence-corrected chi connectivity index (χ1v) is 23.5. The molecule has 13 rings (SSSR count). The topological polar surface area (TPSA) is 56.7 Å². The van der Waals surface area contributed by atoms with Gasteiger partial charge in [0.25, 0.3) is 0 Å². The van der Waals surface area contributed by atoms with E-state index in [2.05, 4.69) is 41.4 Å². The lowest BCUT2D eigenvalue weighted by Crippen LogP contribution is -2.74. The van der Waals surface area contributed by atoms with Crippen molar-refractivity contribution >= 4 is 72.6 Å². The number of rotatable bonds is 9. The highest BCUT2D eigenvalue weighted by Crippen LogP contribution is 2.37. The van der Waals surface area contributed by atoms with E-state index in [1.165, 1.54) is 0 Å². The van der Waals surface area contributed by atoms with Crippen LogP contribution in [0.1, 0.15) is 31.5 Å². The average Bonchev–Trinajstić information content (AvgIpc) is 1.50. The van der Waals surface area contributed by atoms with Crippen molar-refractivity contribution < 1.29 is 35.9 Å². The Labute approximate surface area is 432 Å². The second-order valence-electron chi connectivity index (χ2n) is 15.7. The molecule has 0 spiro atoms. The summed E-state index contributed by atoms with van der Waals surface area (Å²) in [5.74, 6) is -1.55. The van der Waals surface area contributed by atoms with Crippen LogP contribution in [0.4, 0.5) is 0 Å². The summed E-state index contributed by atoms with van der Waals surface area (Å²) < 4.78 is 216. The van der Waals surface area contributed by atoms with Gasteiger partial charge in [0.1, 0.15) is 11.2 Å². The number of aromatic nitrogens is 4. The van der Waals surface area contributed by atoms with Crippen LogP contribution in [-0.4, -0.2) is 27.6 Å². The van der Waals surface area contributed by atoms with Crippen molar-refractivity contribution in [1.29, 1.82) is 0 Å². The van der Waals surface area contributed by atoms with Gasteiger partial charge in [0.05, 0.1) is 42.6 Å². The van der Waals surface area contributed by atoms with E-state index in [9.17, 15) is 13.7 Å². The largest absolute Gasteiger partial charge is 0.455 e. The fourth-order valence-corrected chi connectivity index (χ4v) is 13.7. The van der Waals surface area contributed by atoms with Crippen molar-refractivity contribution in [2.75, 3.05) is 0 Å². The molecule has 0 bridgehead atoms. The van der Waals surface area contributed by atoms with Crippen LogP contribution in [-0.2, 0) is 0 Å². The van der Waals surface area contributed by atoms with E-state index >= 15 is 0 Å². The molecule has 0 aliphatic heterocycles. The molecule has 5 nitrogen and oxygen atoms in total. The summed E-state index contributed by atoms with van der Waals surface area (Å²) in [6, 6.07) is 18.8. The molecule has 0 aliphatic rings. The zero-order valence-corrected chi connectivity index (χ0v) is 36.7. The highest BCUT2D eigenvalue weighted by Gasteiger charge is 2.41. The quantitative estimate of drug-likeness (QED) is 0.107. The Morgan fingerprint density at radius 3 is 1.46 bits per heavy atom. The third kappa shape index (κ3) is 6.80. The van der Waals surface area contributed by atoms with Gasteiger partial charge in [-0.15, -0.1) is 0 Å². The van der Waals surface area contributed by atoms with E-state index in [4.69, 9.17) is 32.2 Å². The molecule has 13 aromatic rings. The number of para-hydroxylation sites is 4. The first-order chi connectivity index (χ1) is 43.8. The van der Waals surface area contributed by atoms with Crippen molar-refractivity contribution in [3.05, 3.63) is 254 Å². The van der Waals surface area contributed by atoms with E-state index in [0.29, 0.717) is 0 Å². The zero-order valence-electron chi connectivity index (χ0n) is 58.7. The van der Waals surface area contributed by atoms with Gasteiger partial charge in [0, 0.05) is 49.5 Å². The van der Waals surface area contributed by atoms with Crippen LogP contribution < -0.4 is 20.7 Å². The minimum absolute atomic E-state index is 0.220. The van der Waals surface area contributed by atoms with E-state index in [0.717, 1.165) is 25.3 Å². The fourth-order valence-electron chi connectivity index (χ4n) is 8.92. The molecule has 3 aromatic heterocycles. The number of nitrogens with zero attached hydrogens (tertiary/aromatic N) is 4. The summed E-state index contributed by atoms with van der Waals surface area (Å²) in [7, 11) is -3.20. The minimum Gasteiger partial charge on any atom is -0.455 e. The van der Waals surface area contributed by atoms with Gasteiger partial charge in [-0.05, 0) is 56.5 Å². The highest BCUT2D eigenvalue weighted by molar-refractivity contribution is 7.19. The van der Waals surface area contributed by atoms with Crippen LogP contribution in [0.3, 0.4) is 0 Å². The normalized spacial score (nSPS) is 16.4. The lowest BCUT2D eigenvalue weighted by atomic mass is 10.0. The fraction of sp³-hybridized carbons (Fsp3) is 0. The molecular formula is C63H42N4OSi. The van der Waals surface area contributed by atoms with Crippen molar-refractivity contribution in [2.24, 2.45) is 0 Å². The van der Waals surface area contributed by atoms with Crippen LogP contribution >= 0.6 is 0 Å². The number of furan rings is 1. The van der Waals surface area contributed by atoms with Crippen molar-refractivity contribution in [3.63, 3.8) is 0 Å². The Balaban J connectivity index is 1.11. The van der Waals surface area contributed by atoms with Gasteiger partial charge in [0.2, 0.25) is 0 Å². The molecule has 0 N–H and O–H groups in total. The lowest BCUT2D eigenvalue weighted by molar-refractivity contribution is 0.670. The van der Waals surface area contributed by atoms with Crippen LogP contribution in [0.15, 0.2) is 259 Å². The first-order valence-electron chi connectivity index (χ1n) is 33.0. The van der Waals surface area contributed by atoms with Crippen LogP contribution in [0.5, 0.6) is 0 Å². The predicted molar refractivity (Wildman–Crippen MR) is 287 cm³/mol. The second-order valence-corrected chi connectivity index (χ2v) is 19.6. The third-order valence-electron chi connectivity index (χ3n) is 12.0. The molecule has 6 heteroatoms. The molecule has 0 unspecified atom stereocenters. The second kappa shape index (κ2) is 16.7. The van der Waals surface area contributed by atoms with Gasteiger partial charge in [-0.3, -0.25) is 0 Å². The molecule has 0 fully saturated rings. The van der Waals surface area contributed by atoms with Gasteiger partial charge in [0.15, 0.2) is 25.5 Å². The smallest absolute Gasteiger partial charge is 0.179 e. The van der Waals surface area contributed by atoms with Crippen molar-refractivity contribution in [3.8, 4) is 51.0 Å². The number of hydrogen-bond donors (Lipinski definition) is 0. The van der Waals surface area contributed by atoms with Gasteiger partial charge < -0.3 is 8.98 Å². The van der Waals surface area contributed by atoms with Crippen LogP contribution in [0, 0.1) is 0 Å². The molecule has 0 saturated carbocycles. The molecule has 10 aromatic carbocycles. The lowest BCUT2D eigenvalue weighted by Gasteiger charge is -2.34. The molecule has 0 amide bonds. The summed E-state index contributed by atoms with van der Waals surface area (Å²) >= 11 is 0. The molecule has 324 valence electrons. The Kier molecular flexibility index (Phi) is 5.61. The summed E-state index contributed by atoms with van der Waals surface area (Å²) in [5, 5.41) is 2.48. The Morgan fingerprint density at radius 1 is 0.377 bits per heavy atom. The predicted octanol–water partition coefficient (Wildman–Crippen LogP) is 12.9. The monoisotopic (exact) mass is 921 g/mol. The summed E-state index contributed by atoms with van der Waals surface area (Å²) in [5.41, 5.74) is -4.95. The molecule has 0 atom stereocenters. The first kappa shape index (κ1) is 23.2. The maximum absolute atomic E-state index is 10.0. The van der Waals surface area contributed by atoms with Crippen LogP contribution in [0.25, 0.3) is 94.7 Å². The highest BCUT2D eigenvalue weighted by atomic mass is 28.3. The zero-order chi connectivity index (χ0) is 65.7. The minimum atomic E-state index is -3.20. The van der Waals surface area contributed by atoms with E-state index in [1.807, 2.05) is 66.7 Å². The molecule has 0 saturated heterocycles. The van der Waals surface area contributed by atoms with Gasteiger partial charge >= 0.3 is 0 Å². The summed E-state index contributed by atoms with van der Waals surface area (Å²) in [6.07, 6.45) is 0. The standard InChI is InChI=1S/C63H42N4OSi/c1-4-20-48(21-5-1)69(49-22-6-2-7-23-49,50-24-8-3-9-25-50)51-40-38-45(39-41-51)62-64-61(44-36-34-43(35-37-44)52-29-17-30-56-55-28-12-15-33-59(55)68-60(52)56)65-63(66-62)46-18-16-19-47(42-46)67-57-31-13-10-26-53(57)54-27-11-14-32-58(54)67/h1-42H/i10D,11D,12D,13D,14D,15D,16D,17D,18D,19D,26D,27D,28D,29D,30D,31D,32D,33D,34D,35D,36D,37D,42D. The summed E-state index contributed by atoms with van der Waals surface area (Å²) in [4.78, 5) is 14.2. The van der Waals surface area contributed by atoms with E-state index in [1.54, 1.807) is 12.1 Å². The van der Waals surface area contributed by atoms with Gasteiger partial charge in [-0.25, -0.2) is 15.0 Å². The number of fused-ring (bicyclic) bond motifs is 6. The van der Waals surface area contributed by atoms with Gasteiger partial charge in [-0.1, -0.05) is 224 Å². The van der Waals surface area contributed by atoms with E-state index < -0.39 is 220 Å². The maximum Gasteiger partial charge on any atom is 0.179 e. The van der Waals surface area contributed by atoms with Gasteiger partial charge in [-0.2, -0.15) is 0 Å². The molecular weight excluding hydrogens is 857 g/mol. The van der Waals surface area contributed by atoms with Crippen molar-refractivity contribution in [1.82, 2.24) is 19.5 Å². The molecule has 0 aliphatic carbocycles. The SMILES string of the molecule is [2H]c1c([2H])c(-c2nc(-c3ccc([Si](c4ccccc4)(c4ccccc4)c4ccccc4)cc3)nc(-c3c([2H])c([2H])c(-c4c([2H])c([2H])c([2H])c5c4oc4c([2H])c([2H])c([2H])c([2H])c45)c([2H])c3[2H])n2)c([2H])c(-n2c3c([2H])c([2H])c([2H])c([2H])c3c3c([2H])c([2H])c([2H])c([2H])c32)c1[2H]. The van der Waals surface area contributed by atoms with E-state index in [-0.39, 0.29) is 22.2 Å². The van der Waals surface area contributed by atoms with Crippen molar-refractivity contribution in [2.45, 2.75) is 0 Å². The number of hydrogen-bond acceptors (Lipinski definition) is 4. The third-order valence-corrected chi connectivity index (χ3v) is 16.8. The Bertz CT molecular complexity index is 5180. The molecule has 69 heavy (non-hydrogen) atoms. The Morgan fingerprint density at radius 2 is 0.855 bits per heavy atom. The average molecular weight is 922 g/mol. The summed E-state index contributed by atoms with van der Waals surface area (Å²) in [6.45, 7) is 0. The molecule has 3 heterocycles. The Hall–Kier alpha value is -8.97.